The van der Waals surface area contributed by atoms with Gasteiger partial charge in [-0.1, -0.05) is 6.07 Å². The Hall–Kier alpha value is -2.34. The van der Waals surface area contributed by atoms with Gasteiger partial charge < -0.3 is 5.32 Å². The van der Waals surface area contributed by atoms with E-state index >= 15 is 0 Å². The molecule has 23 heavy (non-hydrogen) atoms. The Labute approximate surface area is 133 Å². The van der Waals surface area contributed by atoms with Crippen molar-refractivity contribution >= 4 is 10.9 Å². The SMILES string of the molecule is Cc1nc2n(n1)C[C@@H](NCc1ccc(F)c3cccnc13)CC2. The summed E-state index contributed by atoms with van der Waals surface area (Å²) >= 11 is 0. The molecular formula is C17H18FN5. The number of benzene rings is 1. The minimum absolute atomic E-state index is 0.225. The zero-order valence-corrected chi connectivity index (χ0v) is 13.0. The highest BCUT2D eigenvalue weighted by Gasteiger charge is 2.20. The number of aryl methyl sites for hydroxylation is 2. The number of rotatable bonds is 3. The molecule has 1 aromatic carbocycles. The lowest BCUT2D eigenvalue weighted by Gasteiger charge is -2.23. The van der Waals surface area contributed by atoms with Crippen LogP contribution in [0.15, 0.2) is 30.5 Å². The maximum atomic E-state index is 13.8. The number of hydrogen-bond donors (Lipinski definition) is 1. The molecule has 0 aliphatic carbocycles. The average molecular weight is 311 g/mol. The average Bonchev–Trinajstić information content (AvgIpc) is 2.94. The van der Waals surface area contributed by atoms with Crippen molar-refractivity contribution in [2.75, 3.05) is 0 Å². The first-order valence-corrected chi connectivity index (χ1v) is 7.86. The Balaban J connectivity index is 1.51. The molecule has 4 rings (SSSR count). The standard InChI is InChI=1S/C17H18FN5/c1-11-21-16-7-5-13(10-23(16)22-11)20-9-12-4-6-15(18)14-3-2-8-19-17(12)14/h2-4,6,8,13,20H,5,7,9-10H2,1H3/t13-/m0/s1. The molecule has 6 heteroatoms. The predicted octanol–water partition coefficient (Wildman–Crippen LogP) is 2.38. The van der Waals surface area contributed by atoms with Crippen molar-refractivity contribution < 1.29 is 4.39 Å². The Bertz CT molecular complexity index is 857. The van der Waals surface area contributed by atoms with E-state index in [1.165, 1.54) is 6.07 Å². The summed E-state index contributed by atoms with van der Waals surface area (Å²) in [7, 11) is 0. The summed E-state index contributed by atoms with van der Waals surface area (Å²) in [6, 6.07) is 7.20. The maximum Gasteiger partial charge on any atom is 0.147 e. The number of nitrogens with zero attached hydrogens (tertiary/aromatic N) is 4. The first-order valence-electron chi connectivity index (χ1n) is 7.86. The van der Waals surface area contributed by atoms with Crippen LogP contribution < -0.4 is 5.32 Å². The molecule has 5 nitrogen and oxygen atoms in total. The zero-order valence-electron chi connectivity index (χ0n) is 13.0. The highest BCUT2D eigenvalue weighted by atomic mass is 19.1. The molecule has 3 aromatic rings. The Kier molecular flexibility index (Phi) is 3.53. The summed E-state index contributed by atoms with van der Waals surface area (Å²) in [5.41, 5.74) is 1.75. The van der Waals surface area contributed by atoms with Gasteiger partial charge in [-0.3, -0.25) is 4.98 Å². The molecule has 1 atom stereocenters. The molecule has 0 saturated carbocycles. The van der Waals surface area contributed by atoms with Crippen LogP contribution in [0, 0.1) is 12.7 Å². The van der Waals surface area contributed by atoms with Crippen LogP contribution in [-0.2, 0) is 19.5 Å². The van der Waals surface area contributed by atoms with Crippen molar-refractivity contribution in [2.45, 2.75) is 38.9 Å². The summed E-state index contributed by atoms with van der Waals surface area (Å²) in [5.74, 6) is 1.67. The van der Waals surface area contributed by atoms with Gasteiger partial charge in [0.1, 0.15) is 17.5 Å². The van der Waals surface area contributed by atoms with E-state index in [-0.39, 0.29) is 5.82 Å². The molecule has 2 aromatic heterocycles. The molecule has 0 spiro atoms. The summed E-state index contributed by atoms with van der Waals surface area (Å²) in [4.78, 5) is 8.76. The van der Waals surface area contributed by atoms with Gasteiger partial charge in [0, 0.05) is 30.6 Å². The van der Waals surface area contributed by atoms with Gasteiger partial charge in [0.2, 0.25) is 0 Å². The lowest BCUT2D eigenvalue weighted by Crippen LogP contribution is -2.37. The van der Waals surface area contributed by atoms with Crippen LogP contribution in [0.25, 0.3) is 10.9 Å². The fraction of sp³-hybridized carbons (Fsp3) is 0.353. The largest absolute Gasteiger partial charge is 0.308 e. The van der Waals surface area contributed by atoms with Gasteiger partial charge in [0.15, 0.2) is 0 Å². The van der Waals surface area contributed by atoms with Gasteiger partial charge >= 0.3 is 0 Å². The molecule has 0 fully saturated rings. The molecule has 0 saturated heterocycles. The topological polar surface area (TPSA) is 55.6 Å². The number of pyridine rings is 1. The number of aromatic nitrogens is 4. The van der Waals surface area contributed by atoms with E-state index in [1.54, 1.807) is 18.3 Å². The Morgan fingerprint density at radius 1 is 1.35 bits per heavy atom. The second-order valence-electron chi connectivity index (χ2n) is 5.98. The quantitative estimate of drug-likeness (QED) is 0.807. The minimum atomic E-state index is -0.225. The third-order valence-corrected chi connectivity index (χ3v) is 4.35. The predicted molar refractivity (Wildman–Crippen MR) is 85.4 cm³/mol. The van der Waals surface area contributed by atoms with E-state index in [0.29, 0.717) is 18.0 Å². The van der Waals surface area contributed by atoms with Crippen LogP contribution in [0.2, 0.25) is 0 Å². The third-order valence-electron chi connectivity index (χ3n) is 4.35. The molecule has 0 bridgehead atoms. The Morgan fingerprint density at radius 2 is 2.26 bits per heavy atom. The highest BCUT2D eigenvalue weighted by Crippen LogP contribution is 2.20. The van der Waals surface area contributed by atoms with E-state index in [2.05, 4.69) is 20.4 Å². The second-order valence-corrected chi connectivity index (χ2v) is 5.98. The molecule has 118 valence electrons. The van der Waals surface area contributed by atoms with Crippen LogP contribution in [0.4, 0.5) is 4.39 Å². The fourth-order valence-corrected chi connectivity index (χ4v) is 3.19. The van der Waals surface area contributed by atoms with Gasteiger partial charge in [-0.15, -0.1) is 0 Å². The van der Waals surface area contributed by atoms with Gasteiger partial charge in [-0.2, -0.15) is 5.10 Å². The maximum absolute atomic E-state index is 13.8. The van der Waals surface area contributed by atoms with Crippen molar-refractivity contribution in [3.05, 3.63) is 53.5 Å². The molecule has 1 N–H and O–H groups in total. The molecule has 1 aliphatic rings. The van der Waals surface area contributed by atoms with Gasteiger partial charge in [-0.25, -0.2) is 14.1 Å². The molecule has 3 heterocycles. The van der Waals surface area contributed by atoms with Gasteiger partial charge in [0.05, 0.1) is 12.1 Å². The van der Waals surface area contributed by atoms with Crippen LogP contribution in [0.3, 0.4) is 0 Å². The van der Waals surface area contributed by atoms with Crippen LogP contribution in [0.1, 0.15) is 23.6 Å². The van der Waals surface area contributed by atoms with Crippen LogP contribution in [-0.4, -0.2) is 25.8 Å². The highest BCUT2D eigenvalue weighted by molar-refractivity contribution is 5.82. The second kappa shape index (κ2) is 5.70. The van der Waals surface area contributed by atoms with Crippen molar-refractivity contribution in [3.8, 4) is 0 Å². The number of nitrogens with one attached hydrogen (secondary N) is 1. The molecule has 0 unspecified atom stereocenters. The summed E-state index contributed by atoms with van der Waals surface area (Å²) in [6.07, 6.45) is 3.67. The van der Waals surface area contributed by atoms with E-state index in [0.717, 1.165) is 42.1 Å². The van der Waals surface area contributed by atoms with E-state index in [4.69, 9.17) is 0 Å². The van der Waals surface area contributed by atoms with E-state index < -0.39 is 0 Å². The lowest BCUT2D eigenvalue weighted by molar-refractivity contribution is 0.358. The van der Waals surface area contributed by atoms with Crippen molar-refractivity contribution in [1.29, 1.82) is 0 Å². The van der Waals surface area contributed by atoms with E-state index in [1.807, 2.05) is 17.7 Å². The number of hydrogen-bond acceptors (Lipinski definition) is 4. The van der Waals surface area contributed by atoms with Crippen molar-refractivity contribution in [3.63, 3.8) is 0 Å². The smallest absolute Gasteiger partial charge is 0.147 e. The minimum Gasteiger partial charge on any atom is -0.308 e. The van der Waals surface area contributed by atoms with Gasteiger partial charge in [0.25, 0.3) is 0 Å². The summed E-state index contributed by atoms with van der Waals surface area (Å²) < 4.78 is 15.8. The first kappa shape index (κ1) is 14.3. The van der Waals surface area contributed by atoms with Crippen LogP contribution >= 0.6 is 0 Å². The number of halogens is 1. The summed E-state index contributed by atoms with van der Waals surface area (Å²) in [5, 5.41) is 8.54. The number of fused-ring (bicyclic) bond motifs is 2. The van der Waals surface area contributed by atoms with Crippen molar-refractivity contribution in [1.82, 2.24) is 25.1 Å². The van der Waals surface area contributed by atoms with E-state index in [9.17, 15) is 4.39 Å². The molecule has 1 aliphatic heterocycles. The summed E-state index contributed by atoms with van der Waals surface area (Å²) in [6.45, 7) is 3.41. The Morgan fingerprint density at radius 3 is 3.17 bits per heavy atom. The normalized spacial score (nSPS) is 17.4. The molecule has 0 radical (unpaired) electrons. The molecule has 0 amide bonds. The van der Waals surface area contributed by atoms with Gasteiger partial charge in [-0.05, 0) is 37.1 Å². The van der Waals surface area contributed by atoms with Crippen molar-refractivity contribution in [2.24, 2.45) is 0 Å². The fourth-order valence-electron chi connectivity index (χ4n) is 3.19. The zero-order chi connectivity index (χ0) is 15.8. The lowest BCUT2D eigenvalue weighted by atomic mass is 10.1. The monoisotopic (exact) mass is 311 g/mol. The third kappa shape index (κ3) is 2.70. The first-order chi connectivity index (χ1) is 11.2. The van der Waals surface area contributed by atoms with Crippen LogP contribution in [0.5, 0.6) is 0 Å². The molecular weight excluding hydrogens is 293 g/mol.